The summed E-state index contributed by atoms with van der Waals surface area (Å²) in [6, 6.07) is 7.56. The lowest BCUT2D eigenvalue weighted by atomic mass is 10.0. The van der Waals surface area contributed by atoms with Crippen LogP contribution in [0.3, 0.4) is 0 Å². The SMILES string of the molecule is CCNC(=O)Nc1ccc(-c2nc3c(c(N4CCOCC4C)n2)CCN(CC(=O)N(CC)CC)C3)cc1. The fourth-order valence-electron chi connectivity index (χ4n) is 4.91. The van der Waals surface area contributed by atoms with Crippen molar-refractivity contribution in [1.29, 1.82) is 0 Å². The topological polar surface area (TPSA) is 103 Å². The van der Waals surface area contributed by atoms with Crippen molar-refractivity contribution >= 4 is 23.4 Å². The van der Waals surface area contributed by atoms with Crippen LogP contribution in [0.5, 0.6) is 0 Å². The second-order valence-electron chi connectivity index (χ2n) is 9.50. The third-order valence-corrected chi connectivity index (χ3v) is 6.98. The van der Waals surface area contributed by atoms with Crippen LogP contribution in [-0.2, 0) is 22.5 Å². The summed E-state index contributed by atoms with van der Waals surface area (Å²) in [5.41, 5.74) is 3.72. The van der Waals surface area contributed by atoms with Gasteiger partial charge >= 0.3 is 6.03 Å². The van der Waals surface area contributed by atoms with Crippen LogP contribution in [0.4, 0.5) is 16.3 Å². The highest BCUT2D eigenvalue weighted by atomic mass is 16.5. The highest BCUT2D eigenvalue weighted by molar-refractivity contribution is 5.89. The predicted molar refractivity (Wildman–Crippen MR) is 145 cm³/mol. The summed E-state index contributed by atoms with van der Waals surface area (Å²) >= 11 is 0. The van der Waals surface area contributed by atoms with Crippen LogP contribution in [0.25, 0.3) is 11.4 Å². The van der Waals surface area contributed by atoms with E-state index < -0.39 is 0 Å². The van der Waals surface area contributed by atoms with Gasteiger partial charge in [0.2, 0.25) is 5.91 Å². The Morgan fingerprint density at radius 3 is 2.54 bits per heavy atom. The first-order valence-corrected chi connectivity index (χ1v) is 13.3. The van der Waals surface area contributed by atoms with Crippen molar-refractivity contribution in [2.75, 3.05) is 62.7 Å². The number of hydrogen-bond acceptors (Lipinski definition) is 7. The lowest BCUT2D eigenvalue weighted by Gasteiger charge is -2.38. The molecule has 0 aliphatic carbocycles. The summed E-state index contributed by atoms with van der Waals surface area (Å²) in [4.78, 5) is 41.1. The largest absolute Gasteiger partial charge is 0.377 e. The van der Waals surface area contributed by atoms with Crippen molar-refractivity contribution in [1.82, 2.24) is 25.1 Å². The molecule has 200 valence electrons. The molecule has 3 amide bonds. The Hall–Kier alpha value is -3.24. The number of nitrogens with one attached hydrogen (secondary N) is 2. The molecule has 4 rings (SSSR count). The summed E-state index contributed by atoms with van der Waals surface area (Å²) in [6.45, 7) is 14.0. The van der Waals surface area contributed by atoms with Crippen LogP contribution >= 0.6 is 0 Å². The summed E-state index contributed by atoms with van der Waals surface area (Å²) in [6.07, 6.45) is 0.802. The first-order chi connectivity index (χ1) is 17.9. The minimum absolute atomic E-state index is 0.153. The maximum absolute atomic E-state index is 12.8. The number of ether oxygens (including phenoxy) is 1. The van der Waals surface area contributed by atoms with Crippen molar-refractivity contribution in [3.05, 3.63) is 35.5 Å². The van der Waals surface area contributed by atoms with Crippen molar-refractivity contribution in [3.63, 3.8) is 0 Å². The van der Waals surface area contributed by atoms with Crippen LogP contribution in [0.2, 0.25) is 0 Å². The van der Waals surface area contributed by atoms with Crippen LogP contribution in [0.1, 0.15) is 39.0 Å². The number of hydrogen-bond donors (Lipinski definition) is 2. The number of rotatable bonds is 8. The van der Waals surface area contributed by atoms with Crippen molar-refractivity contribution in [2.45, 2.75) is 46.7 Å². The van der Waals surface area contributed by atoms with E-state index in [1.165, 1.54) is 5.56 Å². The van der Waals surface area contributed by atoms with E-state index in [0.29, 0.717) is 44.4 Å². The second kappa shape index (κ2) is 12.3. The van der Waals surface area contributed by atoms with E-state index in [4.69, 9.17) is 14.7 Å². The van der Waals surface area contributed by atoms with Crippen molar-refractivity contribution in [2.24, 2.45) is 0 Å². The molecule has 1 aromatic heterocycles. The second-order valence-corrected chi connectivity index (χ2v) is 9.50. The number of anilines is 2. The number of benzene rings is 1. The zero-order valence-corrected chi connectivity index (χ0v) is 22.4. The third kappa shape index (κ3) is 6.37. The molecule has 3 heterocycles. The molecule has 37 heavy (non-hydrogen) atoms. The highest BCUT2D eigenvalue weighted by Gasteiger charge is 2.30. The number of likely N-dealkylation sites (N-methyl/N-ethyl adjacent to an activating group) is 1. The molecule has 2 aromatic rings. The molecule has 2 aliphatic heterocycles. The molecule has 2 aliphatic rings. The monoisotopic (exact) mass is 509 g/mol. The molecule has 1 atom stereocenters. The van der Waals surface area contributed by atoms with Gasteiger partial charge in [-0.05, 0) is 58.4 Å². The van der Waals surface area contributed by atoms with Gasteiger partial charge in [0, 0.05) is 56.1 Å². The molecule has 10 heteroatoms. The van der Waals surface area contributed by atoms with Gasteiger partial charge < -0.3 is 25.2 Å². The maximum atomic E-state index is 12.8. The Morgan fingerprint density at radius 1 is 1.11 bits per heavy atom. The van der Waals surface area contributed by atoms with Gasteiger partial charge in [0.15, 0.2) is 5.82 Å². The summed E-state index contributed by atoms with van der Waals surface area (Å²) in [5.74, 6) is 1.77. The molecule has 0 bridgehead atoms. The quantitative estimate of drug-likeness (QED) is 0.564. The molecular formula is C27H39N7O3. The normalized spacial score (nSPS) is 17.7. The average Bonchev–Trinajstić information content (AvgIpc) is 2.89. The van der Waals surface area contributed by atoms with E-state index in [9.17, 15) is 9.59 Å². The number of carbonyl (C=O) groups excluding carboxylic acids is 2. The summed E-state index contributed by atoms with van der Waals surface area (Å²) in [5, 5.41) is 5.56. The van der Waals surface area contributed by atoms with Gasteiger partial charge in [-0.15, -0.1) is 0 Å². The lowest BCUT2D eigenvalue weighted by molar-refractivity contribution is -0.132. The van der Waals surface area contributed by atoms with Gasteiger partial charge in [-0.1, -0.05) is 0 Å². The number of morpholine rings is 1. The third-order valence-electron chi connectivity index (χ3n) is 6.98. The van der Waals surface area contributed by atoms with Crippen LogP contribution < -0.4 is 15.5 Å². The molecular weight excluding hydrogens is 470 g/mol. The number of amides is 3. The Balaban J connectivity index is 1.63. The fraction of sp³-hybridized carbons (Fsp3) is 0.556. The van der Waals surface area contributed by atoms with Crippen molar-refractivity contribution < 1.29 is 14.3 Å². The molecule has 1 aromatic carbocycles. The molecule has 2 N–H and O–H groups in total. The zero-order valence-electron chi connectivity index (χ0n) is 22.4. The minimum Gasteiger partial charge on any atom is -0.377 e. The number of carbonyl (C=O) groups is 2. The van der Waals surface area contributed by atoms with Gasteiger partial charge in [-0.3, -0.25) is 9.69 Å². The van der Waals surface area contributed by atoms with E-state index in [2.05, 4.69) is 27.4 Å². The zero-order chi connectivity index (χ0) is 26.4. The number of urea groups is 1. The lowest BCUT2D eigenvalue weighted by Crippen LogP contribution is -2.46. The molecule has 0 radical (unpaired) electrons. The number of fused-ring (bicyclic) bond motifs is 1. The van der Waals surface area contributed by atoms with Gasteiger partial charge in [0.1, 0.15) is 5.82 Å². The van der Waals surface area contributed by atoms with E-state index in [1.807, 2.05) is 49.9 Å². The first kappa shape index (κ1) is 26.8. The summed E-state index contributed by atoms with van der Waals surface area (Å²) < 4.78 is 5.68. The number of aromatic nitrogens is 2. The van der Waals surface area contributed by atoms with Crippen LogP contribution in [0, 0.1) is 0 Å². The highest BCUT2D eigenvalue weighted by Crippen LogP contribution is 2.31. The Morgan fingerprint density at radius 2 is 1.86 bits per heavy atom. The van der Waals surface area contributed by atoms with Gasteiger partial charge in [-0.25, -0.2) is 14.8 Å². The molecule has 1 unspecified atom stereocenters. The smallest absolute Gasteiger partial charge is 0.319 e. The first-order valence-electron chi connectivity index (χ1n) is 13.3. The number of nitrogens with zero attached hydrogens (tertiary/aromatic N) is 5. The van der Waals surface area contributed by atoms with Crippen LogP contribution in [0.15, 0.2) is 24.3 Å². The Kier molecular flexibility index (Phi) is 8.94. The molecule has 0 spiro atoms. The van der Waals surface area contributed by atoms with E-state index in [0.717, 1.165) is 49.7 Å². The van der Waals surface area contributed by atoms with E-state index >= 15 is 0 Å². The molecule has 1 saturated heterocycles. The molecule has 10 nitrogen and oxygen atoms in total. The maximum Gasteiger partial charge on any atom is 0.319 e. The van der Waals surface area contributed by atoms with Gasteiger partial charge in [-0.2, -0.15) is 0 Å². The van der Waals surface area contributed by atoms with Gasteiger partial charge in [0.05, 0.1) is 31.5 Å². The average molecular weight is 510 g/mol. The van der Waals surface area contributed by atoms with Crippen molar-refractivity contribution in [3.8, 4) is 11.4 Å². The fourth-order valence-corrected chi connectivity index (χ4v) is 4.91. The Labute approximate surface area is 219 Å². The van der Waals surface area contributed by atoms with E-state index in [1.54, 1.807) is 0 Å². The van der Waals surface area contributed by atoms with Gasteiger partial charge in [0.25, 0.3) is 0 Å². The molecule has 0 saturated carbocycles. The summed E-state index contributed by atoms with van der Waals surface area (Å²) in [7, 11) is 0. The minimum atomic E-state index is -0.233. The molecule has 1 fully saturated rings. The Bertz CT molecular complexity index is 1090. The predicted octanol–water partition coefficient (Wildman–Crippen LogP) is 2.74. The standard InChI is InChI=1S/C27H39N7O3/c1-5-28-27(36)29-21-10-8-20(9-11-21)25-30-23-16-32(17-24(35)33(6-2)7-3)13-12-22(23)26(31-25)34-14-15-37-18-19(34)4/h8-11,19H,5-7,12-18H2,1-4H3,(H2,28,29,36). The van der Waals surface area contributed by atoms with E-state index in [-0.39, 0.29) is 18.0 Å². The van der Waals surface area contributed by atoms with Crippen LogP contribution in [-0.4, -0.2) is 90.2 Å².